The fourth-order valence-corrected chi connectivity index (χ4v) is 5.00. The zero-order valence-electron chi connectivity index (χ0n) is 20.0. The summed E-state index contributed by atoms with van der Waals surface area (Å²) in [5.74, 6) is -0.364. The van der Waals surface area contributed by atoms with E-state index in [1.807, 2.05) is 97.9 Å². The summed E-state index contributed by atoms with van der Waals surface area (Å²) < 4.78 is 1.75. The van der Waals surface area contributed by atoms with E-state index in [2.05, 4.69) is 5.32 Å². The van der Waals surface area contributed by atoms with Gasteiger partial charge < -0.3 is 10.5 Å². The van der Waals surface area contributed by atoms with Gasteiger partial charge in [-0.3, -0.25) is 4.79 Å². The first-order chi connectivity index (χ1) is 18.0. The largest absolute Gasteiger partial charge is 0.595 e. The maximum Gasteiger partial charge on any atom is 0.259 e. The Kier molecular flexibility index (Phi) is 7.16. The summed E-state index contributed by atoms with van der Waals surface area (Å²) in [7, 11) is 0. The molecule has 0 aliphatic carbocycles. The number of anilines is 1. The number of para-hydroxylation sites is 1. The zero-order valence-corrected chi connectivity index (χ0v) is 20.8. The van der Waals surface area contributed by atoms with E-state index in [0.717, 1.165) is 16.1 Å². The van der Waals surface area contributed by atoms with Crippen LogP contribution in [-0.2, 0) is 0 Å². The number of quaternary nitrogens is 1. The molecule has 0 aliphatic heterocycles. The van der Waals surface area contributed by atoms with Gasteiger partial charge in [-0.2, -0.15) is 10.3 Å². The van der Waals surface area contributed by atoms with E-state index in [0.29, 0.717) is 27.5 Å². The Morgan fingerprint density at radius 2 is 1.51 bits per heavy atom. The van der Waals surface area contributed by atoms with Crippen molar-refractivity contribution >= 4 is 29.0 Å². The Balaban J connectivity index is 1.54. The molecule has 0 saturated heterocycles. The van der Waals surface area contributed by atoms with Crippen molar-refractivity contribution in [3.8, 4) is 16.9 Å². The lowest BCUT2D eigenvalue weighted by atomic mass is 10.1. The molecule has 8 heteroatoms. The fraction of sp³-hybridized carbons (Fsp3) is 0.0345. The first-order valence-electron chi connectivity index (χ1n) is 11.6. The minimum Gasteiger partial charge on any atom is -0.595 e. The molecule has 1 aromatic heterocycles. The third-order valence-electron chi connectivity index (χ3n) is 5.78. The molecule has 0 radical (unpaired) electrons. The van der Waals surface area contributed by atoms with Crippen molar-refractivity contribution in [1.82, 2.24) is 9.78 Å². The van der Waals surface area contributed by atoms with E-state index in [9.17, 15) is 15.2 Å². The monoisotopic (exact) mass is 508 g/mol. The van der Waals surface area contributed by atoms with Crippen LogP contribution < -0.4 is 10.5 Å². The maximum absolute atomic E-state index is 13.7. The lowest BCUT2D eigenvalue weighted by Crippen LogP contribution is -2.99. The molecule has 0 aliphatic rings. The van der Waals surface area contributed by atoms with Gasteiger partial charge in [0.25, 0.3) is 5.91 Å². The van der Waals surface area contributed by atoms with Crippen LogP contribution in [0.3, 0.4) is 0 Å². The summed E-state index contributed by atoms with van der Waals surface area (Å²) in [6.45, 7) is 1.85. The van der Waals surface area contributed by atoms with Crippen LogP contribution in [0.25, 0.3) is 16.9 Å². The predicted molar refractivity (Wildman–Crippen MR) is 144 cm³/mol. The highest BCUT2D eigenvalue weighted by molar-refractivity contribution is 7.99. The van der Waals surface area contributed by atoms with Crippen LogP contribution in [0.5, 0.6) is 0 Å². The van der Waals surface area contributed by atoms with Gasteiger partial charge in [0.1, 0.15) is 5.69 Å². The first kappa shape index (κ1) is 24.5. The Labute approximate surface area is 218 Å². The van der Waals surface area contributed by atoms with Crippen LogP contribution in [0.1, 0.15) is 16.1 Å². The van der Waals surface area contributed by atoms with Crippen LogP contribution in [-0.4, -0.2) is 20.9 Å². The van der Waals surface area contributed by atoms with E-state index in [-0.39, 0.29) is 11.6 Å². The van der Waals surface area contributed by atoms with Crippen molar-refractivity contribution in [3.05, 3.63) is 126 Å². The van der Waals surface area contributed by atoms with Gasteiger partial charge in [-0.25, -0.2) is 9.89 Å². The minimum atomic E-state index is -1.07. The van der Waals surface area contributed by atoms with Crippen molar-refractivity contribution in [3.63, 3.8) is 0 Å². The normalized spacial score (nSPS) is 11.8. The van der Waals surface area contributed by atoms with Gasteiger partial charge in [-0.1, -0.05) is 78.5 Å². The molecule has 184 valence electrons. The standard InChI is InChI=1S/C29H24N4O3S/c1-20-27(28(21-11-5-2-6-12-21)31-32(20)23-13-7-3-8-14-23)29(34)30-22-17-24(33(35)36)19-26(18-22)37-25-15-9-4-10-16-25/h2-19,33,35H,1H3,(H,30,34). The summed E-state index contributed by atoms with van der Waals surface area (Å²) in [5, 5.41) is 28.2. The SMILES string of the molecule is Cc1c(C(=O)Nc2cc(Sc3ccccc3)cc([NH+]([O-])O)c2)c(-c2ccccc2)nn1-c1ccccc1. The smallest absolute Gasteiger partial charge is 0.259 e. The number of amides is 1. The van der Waals surface area contributed by atoms with Crippen LogP contribution >= 0.6 is 11.8 Å². The van der Waals surface area contributed by atoms with Gasteiger partial charge in [-0.15, -0.1) is 0 Å². The number of hydrogen-bond acceptors (Lipinski definition) is 5. The fourth-order valence-electron chi connectivity index (χ4n) is 4.06. The number of hydrogen-bond donors (Lipinski definition) is 3. The molecule has 0 fully saturated rings. The van der Waals surface area contributed by atoms with Gasteiger partial charge in [0.05, 0.1) is 16.9 Å². The first-order valence-corrected chi connectivity index (χ1v) is 12.4. The lowest BCUT2D eigenvalue weighted by Gasteiger charge is -2.15. The van der Waals surface area contributed by atoms with E-state index in [1.54, 1.807) is 16.8 Å². The topological polar surface area (TPSA) is 94.7 Å². The quantitative estimate of drug-likeness (QED) is 0.247. The number of aromatic nitrogens is 2. The second-order valence-electron chi connectivity index (χ2n) is 8.34. The molecule has 3 N–H and O–H groups in total. The van der Waals surface area contributed by atoms with Gasteiger partial charge in [0, 0.05) is 33.2 Å². The highest BCUT2D eigenvalue weighted by Crippen LogP contribution is 2.32. The number of nitrogens with zero attached hydrogens (tertiary/aromatic N) is 2. The van der Waals surface area contributed by atoms with Crippen LogP contribution in [0, 0.1) is 12.1 Å². The maximum atomic E-state index is 13.7. The summed E-state index contributed by atoms with van der Waals surface area (Å²) in [6.07, 6.45) is 0. The van der Waals surface area contributed by atoms with E-state index in [1.165, 1.54) is 17.8 Å². The average Bonchev–Trinajstić information content (AvgIpc) is 3.27. The van der Waals surface area contributed by atoms with Crippen molar-refractivity contribution in [2.75, 3.05) is 5.32 Å². The van der Waals surface area contributed by atoms with Gasteiger partial charge >= 0.3 is 0 Å². The van der Waals surface area contributed by atoms with Crippen LogP contribution in [0.4, 0.5) is 11.4 Å². The summed E-state index contributed by atoms with van der Waals surface area (Å²) >= 11 is 1.43. The second kappa shape index (κ2) is 10.8. The Hall–Kier alpha value is -4.21. The van der Waals surface area contributed by atoms with Crippen molar-refractivity contribution in [2.45, 2.75) is 16.7 Å². The molecule has 0 saturated carbocycles. The van der Waals surface area contributed by atoms with Gasteiger partial charge in [0.2, 0.25) is 0 Å². The number of benzene rings is 4. The Morgan fingerprint density at radius 3 is 2.16 bits per heavy atom. The molecule has 0 spiro atoms. The number of nitrogens with one attached hydrogen (secondary N) is 2. The number of carbonyl (C=O) groups is 1. The van der Waals surface area contributed by atoms with Crippen molar-refractivity contribution in [1.29, 1.82) is 0 Å². The highest BCUT2D eigenvalue weighted by atomic mass is 32.2. The third kappa shape index (κ3) is 5.47. The Bertz CT molecular complexity index is 1520. The Morgan fingerprint density at radius 1 is 0.892 bits per heavy atom. The number of rotatable bonds is 7. The van der Waals surface area contributed by atoms with Crippen LogP contribution in [0.15, 0.2) is 119 Å². The van der Waals surface area contributed by atoms with Crippen molar-refractivity contribution in [2.24, 2.45) is 0 Å². The molecular weight excluding hydrogens is 484 g/mol. The second-order valence-corrected chi connectivity index (χ2v) is 9.49. The predicted octanol–water partition coefficient (Wildman–Crippen LogP) is 5.65. The molecule has 1 heterocycles. The molecule has 5 aromatic rings. The summed E-state index contributed by atoms with van der Waals surface area (Å²) in [5.41, 5.74) is 3.79. The molecule has 0 bridgehead atoms. The average molecular weight is 509 g/mol. The summed E-state index contributed by atoms with van der Waals surface area (Å²) in [4.78, 5) is 15.4. The third-order valence-corrected chi connectivity index (χ3v) is 6.76. The molecule has 37 heavy (non-hydrogen) atoms. The van der Waals surface area contributed by atoms with Crippen LogP contribution in [0.2, 0.25) is 0 Å². The van der Waals surface area contributed by atoms with Gasteiger partial charge in [0.15, 0.2) is 5.69 Å². The summed E-state index contributed by atoms with van der Waals surface area (Å²) in [6, 6.07) is 33.7. The molecule has 7 nitrogen and oxygen atoms in total. The molecule has 4 aromatic carbocycles. The van der Waals surface area contributed by atoms with E-state index >= 15 is 0 Å². The molecule has 1 atom stereocenters. The van der Waals surface area contributed by atoms with Gasteiger partial charge in [-0.05, 0) is 37.3 Å². The minimum absolute atomic E-state index is 0.0937. The van der Waals surface area contributed by atoms with E-state index < -0.39 is 5.23 Å². The lowest BCUT2D eigenvalue weighted by molar-refractivity contribution is -0.991. The molecule has 1 amide bonds. The van der Waals surface area contributed by atoms with E-state index in [4.69, 9.17) is 5.10 Å². The molecular formula is C29H24N4O3S. The molecule has 1 unspecified atom stereocenters. The number of carbonyl (C=O) groups excluding carboxylic acids is 1. The van der Waals surface area contributed by atoms with Crippen molar-refractivity contribution < 1.29 is 15.2 Å². The highest BCUT2D eigenvalue weighted by Gasteiger charge is 2.24. The zero-order chi connectivity index (χ0) is 25.8. The molecule has 5 rings (SSSR count).